The second-order valence-corrected chi connectivity index (χ2v) is 6.15. The molecule has 3 N–H and O–H groups in total. The zero-order chi connectivity index (χ0) is 15.2. The van der Waals surface area contributed by atoms with Gasteiger partial charge in [-0.3, -0.25) is 9.59 Å². The molecule has 0 aromatic heterocycles. The van der Waals surface area contributed by atoms with Crippen molar-refractivity contribution in [3.8, 4) is 0 Å². The Morgan fingerprint density at radius 3 is 2.90 bits per heavy atom. The molecular formula is C15H21N3O2S. The van der Waals surface area contributed by atoms with E-state index in [2.05, 4.69) is 5.32 Å². The second kappa shape index (κ2) is 7.47. The average Bonchev–Trinajstić information content (AvgIpc) is 2.52. The summed E-state index contributed by atoms with van der Waals surface area (Å²) >= 11 is 1.32. The Balaban J connectivity index is 2.12. The van der Waals surface area contributed by atoms with Crippen molar-refractivity contribution in [3.63, 3.8) is 0 Å². The molecule has 6 heteroatoms. The van der Waals surface area contributed by atoms with Crippen LogP contribution >= 0.6 is 11.8 Å². The molecule has 2 rings (SSSR count). The molecule has 1 heterocycles. The standard InChI is InChI=1S/C15H21N3O2S/c1-17-11-5-4-8-18(9-11)15(20)12-6-2-3-7-13(12)21-10-14(16)19/h2-3,6-7,11,17H,4-5,8-10H2,1H3,(H2,16,19). The van der Waals surface area contributed by atoms with E-state index < -0.39 is 0 Å². The molecule has 1 aromatic rings. The first-order valence-corrected chi connectivity index (χ1v) is 8.07. The van der Waals surface area contributed by atoms with Crippen molar-refractivity contribution in [2.45, 2.75) is 23.8 Å². The minimum Gasteiger partial charge on any atom is -0.369 e. The third-order valence-corrected chi connectivity index (χ3v) is 4.70. The Morgan fingerprint density at radius 2 is 2.19 bits per heavy atom. The van der Waals surface area contributed by atoms with Gasteiger partial charge in [-0.2, -0.15) is 0 Å². The fourth-order valence-corrected chi connectivity index (χ4v) is 3.27. The molecule has 0 spiro atoms. The number of likely N-dealkylation sites (tertiary alicyclic amines) is 1. The quantitative estimate of drug-likeness (QED) is 0.799. The monoisotopic (exact) mass is 307 g/mol. The number of carbonyl (C=O) groups is 2. The lowest BCUT2D eigenvalue weighted by molar-refractivity contribution is -0.115. The first-order chi connectivity index (χ1) is 10.1. The van der Waals surface area contributed by atoms with Gasteiger partial charge < -0.3 is 16.0 Å². The Bertz CT molecular complexity index is 521. The topological polar surface area (TPSA) is 75.4 Å². The van der Waals surface area contributed by atoms with Gasteiger partial charge in [0.2, 0.25) is 5.91 Å². The minimum absolute atomic E-state index is 0.0301. The zero-order valence-corrected chi connectivity index (χ0v) is 13.0. The lowest BCUT2D eigenvalue weighted by atomic mass is 10.0. The van der Waals surface area contributed by atoms with E-state index in [4.69, 9.17) is 5.73 Å². The number of nitrogens with zero attached hydrogens (tertiary/aromatic N) is 1. The van der Waals surface area contributed by atoms with E-state index in [9.17, 15) is 9.59 Å². The molecule has 2 amide bonds. The molecule has 0 aliphatic carbocycles. The smallest absolute Gasteiger partial charge is 0.255 e. The van der Waals surface area contributed by atoms with Gasteiger partial charge in [0.15, 0.2) is 0 Å². The van der Waals surface area contributed by atoms with E-state index in [1.165, 1.54) is 11.8 Å². The van der Waals surface area contributed by atoms with Gasteiger partial charge in [-0.15, -0.1) is 11.8 Å². The van der Waals surface area contributed by atoms with Gasteiger partial charge in [-0.1, -0.05) is 12.1 Å². The van der Waals surface area contributed by atoms with Gasteiger partial charge in [0.25, 0.3) is 5.91 Å². The number of rotatable bonds is 5. The van der Waals surface area contributed by atoms with Crippen molar-refractivity contribution in [3.05, 3.63) is 29.8 Å². The van der Waals surface area contributed by atoms with Gasteiger partial charge >= 0.3 is 0 Å². The maximum Gasteiger partial charge on any atom is 0.255 e. The van der Waals surface area contributed by atoms with E-state index in [1.54, 1.807) is 0 Å². The normalized spacial score (nSPS) is 18.5. The predicted octanol–water partition coefficient (Wildman–Crippen LogP) is 1.09. The fourth-order valence-electron chi connectivity index (χ4n) is 2.49. The number of thioether (sulfide) groups is 1. The van der Waals surface area contributed by atoms with Crippen molar-refractivity contribution in [1.29, 1.82) is 0 Å². The van der Waals surface area contributed by atoms with Gasteiger partial charge in [0.1, 0.15) is 0 Å². The third kappa shape index (κ3) is 4.22. The van der Waals surface area contributed by atoms with Gasteiger partial charge in [0.05, 0.1) is 11.3 Å². The molecule has 0 bridgehead atoms. The summed E-state index contributed by atoms with van der Waals surface area (Å²) in [6.07, 6.45) is 2.10. The summed E-state index contributed by atoms with van der Waals surface area (Å²) in [6.45, 7) is 1.51. The van der Waals surface area contributed by atoms with Crippen LogP contribution in [0.3, 0.4) is 0 Å². The summed E-state index contributed by atoms with van der Waals surface area (Å²) in [5.41, 5.74) is 5.84. The summed E-state index contributed by atoms with van der Waals surface area (Å²) in [5, 5.41) is 3.23. The van der Waals surface area contributed by atoms with Crippen LogP contribution in [0.1, 0.15) is 23.2 Å². The molecule has 0 radical (unpaired) electrons. The van der Waals surface area contributed by atoms with Crippen LogP contribution in [0.5, 0.6) is 0 Å². The molecule has 1 saturated heterocycles. The fraction of sp³-hybridized carbons (Fsp3) is 0.467. The molecule has 21 heavy (non-hydrogen) atoms. The molecule has 1 atom stereocenters. The molecule has 114 valence electrons. The van der Waals surface area contributed by atoms with E-state index in [0.29, 0.717) is 11.6 Å². The number of amides is 2. The van der Waals surface area contributed by atoms with Crippen LogP contribution in [-0.2, 0) is 4.79 Å². The van der Waals surface area contributed by atoms with Gasteiger partial charge in [-0.05, 0) is 32.0 Å². The maximum atomic E-state index is 12.7. The summed E-state index contributed by atoms with van der Waals surface area (Å²) in [6, 6.07) is 7.75. The molecule has 1 fully saturated rings. The van der Waals surface area contributed by atoms with E-state index in [1.807, 2.05) is 36.2 Å². The van der Waals surface area contributed by atoms with Gasteiger partial charge in [-0.25, -0.2) is 0 Å². The minimum atomic E-state index is -0.379. The Hall–Kier alpha value is -1.53. The molecular weight excluding hydrogens is 286 g/mol. The largest absolute Gasteiger partial charge is 0.369 e. The number of primary amides is 1. The highest BCUT2D eigenvalue weighted by atomic mass is 32.2. The van der Waals surface area contributed by atoms with Crippen LogP contribution in [0.15, 0.2) is 29.2 Å². The number of hydrogen-bond donors (Lipinski definition) is 2. The van der Waals surface area contributed by atoms with Crippen molar-refractivity contribution in [2.75, 3.05) is 25.9 Å². The maximum absolute atomic E-state index is 12.7. The van der Waals surface area contributed by atoms with Crippen LogP contribution < -0.4 is 11.1 Å². The Morgan fingerprint density at radius 1 is 1.43 bits per heavy atom. The first kappa shape index (κ1) is 15.9. The third-order valence-electron chi connectivity index (χ3n) is 3.60. The number of carbonyl (C=O) groups excluding carboxylic acids is 2. The van der Waals surface area contributed by atoms with Crippen molar-refractivity contribution < 1.29 is 9.59 Å². The number of piperidine rings is 1. The summed E-state index contributed by atoms with van der Waals surface area (Å²) in [4.78, 5) is 26.3. The Kier molecular flexibility index (Phi) is 5.64. The highest BCUT2D eigenvalue weighted by molar-refractivity contribution is 8.00. The number of likely N-dealkylation sites (N-methyl/N-ethyl adjacent to an activating group) is 1. The predicted molar refractivity (Wildman–Crippen MR) is 84.3 cm³/mol. The van der Waals surface area contributed by atoms with Crippen LogP contribution in [0.25, 0.3) is 0 Å². The van der Waals surface area contributed by atoms with Crippen LogP contribution in [0, 0.1) is 0 Å². The van der Waals surface area contributed by atoms with Crippen LogP contribution in [-0.4, -0.2) is 48.6 Å². The summed E-state index contributed by atoms with van der Waals surface area (Å²) in [5.74, 6) is -0.165. The first-order valence-electron chi connectivity index (χ1n) is 7.08. The molecule has 1 aromatic carbocycles. The van der Waals surface area contributed by atoms with E-state index in [-0.39, 0.29) is 17.6 Å². The van der Waals surface area contributed by atoms with E-state index >= 15 is 0 Å². The van der Waals surface area contributed by atoms with E-state index in [0.717, 1.165) is 30.8 Å². The molecule has 1 unspecified atom stereocenters. The van der Waals surface area contributed by atoms with Crippen molar-refractivity contribution in [1.82, 2.24) is 10.2 Å². The highest BCUT2D eigenvalue weighted by Gasteiger charge is 2.24. The number of nitrogens with two attached hydrogens (primary N) is 1. The van der Waals surface area contributed by atoms with Crippen molar-refractivity contribution >= 4 is 23.6 Å². The lowest BCUT2D eigenvalue weighted by Crippen LogP contribution is -2.47. The number of nitrogens with one attached hydrogen (secondary N) is 1. The molecule has 1 aliphatic heterocycles. The second-order valence-electron chi connectivity index (χ2n) is 5.13. The summed E-state index contributed by atoms with van der Waals surface area (Å²) < 4.78 is 0. The molecule has 5 nitrogen and oxygen atoms in total. The van der Waals surface area contributed by atoms with Crippen LogP contribution in [0.2, 0.25) is 0 Å². The average molecular weight is 307 g/mol. The van der Waals surface area contributed by atoms with Gasteiger partial charge in [0, 0.05) is 24.0 Å². The van der Waals surface area contributed by atoms with Crippen LogP contribution in [0.4, 0.5) is 0 Å². The SMILES string of the molecule is CNC1CCCN(C(=O)c2ccccc2SCC(N)=O)C1. The Labute approximate surface area is 129 Å². The lowest BCUT2D eigenvalue weighted by Gasteiger charge is -2.33. The summed E-state index contributed by atoms with van der Waals surface area (Å²) in [7, 11) is 1.93. The van der Waals surface area contributed by atoms with Crippen molar-refractivity contribution in [2.24, 2.45) is 5.73 Å². The number of benzene rings is 1. The highest BCUT2D eigenvalue weighted by Crippen LogP contribution is 2.24. The molecule has 0 saturated carbocycles. The molecule has 1 aliphatic rings. The zero-order valence-electron chi connectivity index (χ0n) is 12.2. The number of hydrogen-bond acceptors (Lipinski definition) is 4.